The minimum Gasteiger partial charge on any atom is -0.399 e. The fourth-order valence-corrected chi connectivity index (χ4v) is 1.83. The van der Waals surface area contributed by atoms with Gasteiger partial charge in [0, 0.05) is 18.8 Å². The Morgan fingerprint density at radius 2 is 2.17 bits per heavy atom. The smallest absolute Gasteiger partial charge is 0.101 e. The summed E-state index contributed by atoms with van der Waals surface area (Å²) in [5.74, 6) is 0. The minimum absolute atomic E-state index is 0.365. The Morgan fingerprint density at radius 1 is 1.50 bits per heavy atom. The molecule has 5 nitrogen and oxygen atoms in total. The second-order valence-electron chi connectivity index (χ2n) is 5.01. The number of nitrogen functional groups attached to an aromatic ring is 1. The lowest BCUT2D eigenvalue weighted by atomic mass is 10.1. The molecule has 0 saturated heterocycles. The molecule has 18 heavy (non-hydrogen) atoms. The lowest BCUT2D eigenvalue weighted by Crippen LogP contribution is -2.43. The van der Waals surface area contributed by atoms with E-state index in [4.69, 9.17) is 11.0 Å². The summed E-state index contributed by atoms with van der Waals surface area (Å²) >= 11 is 0. The summed E-state index contributed by atoms with van der Waals surface area (Å²) in [7, 11) is 3.80. The zero-order valence-corrected chi connectivity index (χ0v) is 11.1. The van der Waals surface area contributed by atoms with Gasteiger partial charge in [0.05, 0.1) is 16.9 Å². The van der Waals surface area contributed by atoms with Crippen molar-refractivity contribution in [2.24, 2.45) is 0 Å². The third kappa shape index (κ3) is 4.24. The largest absolute Gasteiger partial charge is 0.399 e. The van der Waals surface area contributed by atoms with Crippen molar-refractivity contribution in [1.29, 1.82) is 5.26 Å². The summed E-state index contributed by atoms with van der Waals surface area (Å²) in [6.07, 6.45) is 0. The van der Waals surface area contributed by atoms with Crippen LogP contribution in [0.25, 0.3) is 0 Å². The number of rotatable bonds is 5. The fraction of sp³-hybridized carbons (Fsp3) is 0.462. The van der Waals surface area contributed by atoms with Gasteiger partial charge in [-0.25, -0.2) is 0 Å². The van der Waals surface area contributed by atoms with Crippen molar-refractivity contribution in [2.75, 3.05) is 38.2 Å². The van der Waals surface area contributed by atoms with Gasteiger partial charge in [-0.15, -0.1) is 0 Å². The maximum absolute atomic E-state index is 10.2. The summed E-state index contributed by atoms with van der Waals surface area (Å²) in [5, 5.41) is 22.2. The molecule has 1 aromatic carbocycles. The molecule has 98 valence electrons. The second-order valence-corrected chi connectivity index (χ2v) is 5.01. The van der Waals surface area contributed by atoms with Crippen LogP contribution in [0.4, 0.5) is 11.4 Å². The molecular weight excluding hydrogens is 228 g/mol. The van der Waals surface area contributed by atoms with Crippen LogP contribution in [-0.2, 0) is 0 Å². The molecule has 0 amide bonds. The summed E-state index contributed by atoms with van der Waals surface area (Å²) < 4.78 is 0. The highest BCUT2D eigenvalue weighted by Gasteiger charge is 2.21. The molecule has 1 rings (SSSR count). The van der Waals surface area contributed by atoms with E-state index in [2.05, 4.69) is 11.4 Å². The zero-order valence-electron chi connectivity index (χ0n) is 11.1. The number of nitrogens with zero attached hydrogens (tertiary/aromatic N) is 2. The first-order valence-electron chi connectivity index (χ1n) is 5.75. The van der Waals surface area contributed by atoms with Crippen molar-refractivity contribution in [3.63, 3.8) is 0 Å². The minimum atomic E-state index is -0.863. The number of nitrogens with two attached hydrogens (primary N) is 1. The van der Waals surface area contributed by atoms with Gasteiger partial charge in [0.1, 0.15) is 6.07 Å². The summed E-state index contributed by atoms with van der Waals surface area (Å²) in [6.45, 7) is 2.66. The van der Waals surface area contributed by atoms with E-state index in [0.717, 1.165) is 0 Å². The number of likely N-dealkylation sites (N-methyl/N-ethyl adjacent to an activating group) is 1. The van der Waals surface area contributed by atoms with E-state index in [1.807, 2.05) is 19.0 Å². The first-order valence-corrected chi connectivity index (χ1v) is 5.75. The predicted molar refractivity (Wildman–Crippen MR) is 73.2 cm³/mol. The molecule has 0 aromatic heterocycles. The van der Waals surface area contributed by atoms with Crippen LogP contribution in [0, 0.1) is 11.3 Å². The van der Waals surface area contributed by atoms with E-state index in [1.54, 1.807) is 25.1 Å². The molecule has 0 radical (unpaired) electrons. The van der Waals surface area contributed by atoms with Crippen molar-refractivity contribution in [3.05, 3.63) is 23.8 Å². The standard InChI is InChI=1S/C13H20N4O/c1-13(18,9-17(2)3)8-16-12-5-4-11(15)6-10(12)7-14/h4-6,16,18H,8-9,15H2,1-3H3. The first kappa shape index (κ1) is 14.3. The van der Waals surface area contributed by atoms with Crippen molar-refractivity contribution >= 4 is 11.4 Å². The monoisotopic (exact) mass is 248 g/mol. The van der Waals surface area contributed by atoms with Crippen molar-refractivity contribution in [2.45, 2.75) is 12.5 Å². The van der Waals surface area contributed by atoms with Gasteiger partial charge in [0.15, 0.2) is 0 Å². The van der Waals surface area contributed by atoms with Crippen molar-refractivity contribution < 1.29 is 5.11 Å². The van der Waals surface area contributed by atoms with Crippen LogP contribution in [0.1, 0.15) is 12.5 Å². The molecule has 0 spiro atoms. The topological polar surface area (TPSA) is 85.3 Å². The van der Waals surface area contributed by atoms with Gasteiger partial charge < -0.3 is 21.1 Å². The van der Waals surface area contributed by atoms with E-state index < -0.39 is 5.60 Å². The van der Waals surface area contributed by atoms with Crippen LogP contribution in [0.15, 0.2) is 18.2 Å². The Labute approximate surface area is 108 Å². The number of aliphatic hydroxyl groups is 1. The molecule has 5 heteroatoms. The van der Waals surface area contributed by atoms with Crippen LogP contribution >= 0.6 is 0 Å². The van der Waals surface area contributed by atoms with Crippen LogP contribution in [0.3, 0.4) is 0 Å². The maximum atomic E-state index is 10.2. The molecule has 0 fully saturated rings. The normalized spacial score (nSPS) is 14.0. The van der Waals surface area contributed by atoms with Gasteiger partial charge in [-0.3, -0.25) is 0 Å². The molecule has 0 aliphatic rings. The van der Waals surface area contributed by atoms with Gasteiger partial charge in [-0.1, -0.05) is 0 Å². The summed E-state index contributed by atoms with van der Waals surface area (Å²) in [5.41, 5.74) is 6.47. The zero-order chi connectivity index (χ0) is 13.8. The highest BCUT2D eigenvalue weighted by atomic mass is 16.3. The van der Waals surface area contributed by atoms with E-state index in [0.29, 0.717) is 30.0 Å². The Hall–Kier alpha value is -1.77. The van der Waals surface area contributed by atoms with E-state index in [-0.39, 0.29) is 0 Å². The van der Waals surface area contributed by atoms with Gasteiger partial charge in [-0.05, 0) is 39.2 Å². The average molecular weight is 248 g/mol. The Bertz CT molecular complexity index is 449. The molecule has 1 aromatic rings. The average Bonchev–Trinajstić information content (AvgIpc) is 2.25. The maximum Gasteiger partial charge on any atom is 0.101 e. The number of anilines is 2. The van der Waals surface area contributed by atoms with Gasteiger partial charge in [0.2, 0.25) is 0 Å². The predicted octanol–water partition coefficient (Wildman–Crippen LogP) is 0.865. The third-order valence-electron chi connectivity index (χ3n) is 2.48. The number of nitrogens with one attached hydrogen (secondary N) is 1. The Morgan fingerprint density at radius 3 is 2.72 bits per heavy atom. The quantitative estimate of drug-likeness (QED) is 0.673. The molecule has 0 bridgehead atoms. The molecule has 0 aliphatic heterocycles. The third-order valence-corrected chi connectivity index (χ3v) is 2.48. The summed E-state index contributed by atoms with van der Waals surface area (Å²) in [6, 6.07) is 7.17. The number of nitriles is 1. The van der Waals surface area contributed by atoms with Crippen LogP contribution in [-0.4, -0.2) is 42.8 Å². The molecule has 1 unspecified atom stereocenters. The second kappa shape index (κ2) is 5.71. The molecule has 0 heterocycles. The number of benzene rings is 1. The molecular formula is C13H20N4O. The van der Waals surface area contributed by atoms with E-state index in [1.165, 1.54) is 0 Å². The van der Waals surface area contributed by atoms with Crippen LogP contribution in [0.5, 0.6) is 0 Å². The van der Waals surface area contributed by atoms with Gasteiger partial charge in [0.25, 0.3) is 0 Å². The highest BCUT2D eigenvalue weighted by molar-refractivity contribution is 5.63. The Kier molecular flexibility index (Phi) is 4.54. The van der Waals surface area contributed by atoms with Crippen LogP contribution in [0.2, 0.25) is 0 Å². The van der Waals surface area contributed by atoms with Crippen LogP contribution < -0.4 is 11.1 Å². The fourth-order valence-electron chi connectivity index (χ4n) is 1.83. The number of hydrogen-bond donors (Lipinski definition) is 3. The highest BCUT2D eigenvalue weighted by Crippen LogP contribution is 2.19. The van der Waals surface area contributed by atoms with Crippen molar-refractivity contribution in [1.82, 2.24) is 4.90 Å². The van der Waals surface area contributed by atoms with Crippen molar-refractivity contribution in [3.8, 4) is 6.07 Å². The summed E-state index contributed by atoms with van der Waals surface area (Å²) in [4.78, 5) is 1.91. The van der Waals surface area contributed by atoms with E-state index in [9.17, 15) is 5.11 Å². The molecule has 1 atom stereocenters. The molecule has 4 N–H and O–H groups in total. The lowest BCUT2D eigenvalue weighted by molar-refractivity contribution is 0.0460. The molecule has 0 aliphatic carbocycles. The Balaban J connectivity index is 2.72. The van der Waals surface area contributed by atoms with E-state index >= 15 is 0 Å². The SMILES string of the molecule is CN(C)CC(C)(O)CNc1ccc(N)cc1C#N. The first-order chi connectivity index (χ1) is 8.34. The van der Waals surface area contributed by atoms with Gasteiger partial charge in [-0.2, -0.15) is 5.26 Å². The van der Waals surface area contributed by atoms with Gasteiger partial charge >= 0.3 is 0 Å². The molecule has 0 saturated carbocycles. The lowest BCUT2D eigenvalue weighted by Gasteiger charge is -2.27. The number of hydrogen-bond acceptors (Lipinski definition) is 5.